The fourth-order valence-corrected chi connectivity index (χ4v) is 7.38. The Hall–Kier alpha value is -4.08. The van der Waals surface area contributed by atoms with E-state index in [9.17, 15) is 24.3 Å². The number of hydrogen-bond acceptors (Lipinski definition) is 10. The molecule has 1 saturated carbocycles. The SMILES string of the molecule is CCn1nccc1C(=O)N[C@H](C(=O)Cc1ccc([C@H](C)[C@@H](NC(=O)c2cnns2)C(=O)N2CCN(CCO)CC2)cc1F)C1CCC(C)CC1. The molecular weight excluding hydrogens is 664 g/mol. The Labute approximate surface area is 295 Å². The van der Waals surface area contributed by atoms with Gasteiger partial charge in [-0.1, -0.05) is 43.3 Å². The molecule has 0 radical (unpaired) electrons. The van der Waals surface area contributed by atoms with E-state index >= 15 is 4.39 Å². The Morgan fingerprint density at radius 2 is 1.78 bits per heavy atom. The number of aromatic nitrogens is 4. The van der Waals surface area contributed by atoms with Gasteiger partial charge in [-0.05, 0) is 66.4 Å². The highest BCUT2D eigenvalue weighted by molar-refractivity contribution is 7.07. The Bertz CT molecular complexity index is 1620. The van der Waals surface area contributed by atoms with Gasteiger partial charge in [0.15, 0.2) is 5.78 Å². The highest BCUT2D eigenvalue weighted by Crippen LogP contribution is 2.32. The average Bonchev–Trinajstić information content (AvgIpc) is 3.84. The zero-order valence-electron chi connectivity index (χ0n) is 28.9. The fourth-order valence-electron chi connectivity index (χ4n) is 6.96. The van der Waals surface area contributed by atoms with Crippen LogP contribution in [0.25, 0.3) is 0 Å². The van der Waals surface area contributed by atoms with Crippen molar-refractivity contribution >= 4 is 35.0 Å². The molecule has 2 aromatic heterocycles. The minimum Gasteiger partial charge on any atom is -0.395 e. The summed E-state index contributed by atoms with van der Waals surface area (Å²) in [6.45, 7) is 8.89. The maximum Gasteiger partial charge on any atom is 0.270 e. The Morgan fingerprint density at radius 1 is 1.04 bits per heavy atom. The second kappa shape index (κ2) is 17.2. The molecule has 270 valence electrons. The number of carbonyl (C=O) groups excluding carboxylic acids is 4. The van der Waals surface area contributed by atoms with Crippen molar-refractivity contribution in [3.05, 3.63) is 64.2 Å². The van der Waals surface area contributed by atoms with Gasteiger partial charge in [0.05, 0.1) is 18.8 Å². The number of aliphatic hydroxyl groups excluding tert-OH is 1. The molecule has 1 saturated heterocycles. The molecule has 0 spiro atoms. The number of amides is 3. The molecule has 3 N–H and O–H groups in total. The molecule has 1 aromatic carbocycles. The minimum absolute atomic E-state index is 0.0280. The first-order chi connectivity index (χ1) is 24.1. The standard InChI is InChI=1S/C35H47FN8O5S/c1-4-44-28(11-12-38-44)33(47)40-32(24-7-5-22(2)6-8-24)29(46)20-26-10-9-25(19-27(26)36)23(3)31(39-34(48)30-21-37-41-50-30)35(49)43-15-13-42(14-16-43)17-18-45/h9-12,19,21-24,31-32,45H,4-8,13-18,20H2,1-3H3,(H,39,48)(H,40,47)/t22?,23-,24?,31+,32-/m0/s1. The van der Waals surface area contributed by atoms with Crippen LogP contribution in [-0.4, -0.2) is 109 Å². The number of Topliss-reactive ketones (excluding diaryl/α,β-unsaturated/α-hetero) is 1. The lowest BCUT2D eigenvalue weighted by atomic mass is 9.77. The van der Waals surface area contributed by atoms with Gasteiger partial charge in [0.1, 0.15) is 22.4 Å². The van der Waals surface area contributed by atoms with Crippen molar-refractivity contribution in [2.24, 2.45) is 11.8 Å². The van der Waals surface area contributed by atoms with Crippen molar-refractivity contribution in [1.82, 2.24) is 39.8 Å². The Morgan fingerprint density at radius 3 is 2.42 bits per heavy atom. The van der Waals surface area contributed by atoms with Crippen molar-refractivity contribution in [3.63, 3.8) is 0 Å². The van der Waals surface area contributed by atoms with Gasteiger partial charge in [-0.3, -0.25) is 28.8 Å². The number of ketones is 1. The molecule has 5 rings (SSSR count). The van der Waals surface area contributed by atoms with Crippen molar-refractivity contribution < 1.29 is 28.7 Å². The third kappa shape index (κ3) is 8.98. The largest absolute Gasteiger partial charge is 0.395 e. The summed E-state index contributed by atoms with van der Waals surface area (Å²) in [5, 5.41) is 23.0. The van der Waals surface area contributed by atoms with Gasteiger partial charge in [0.2, 0.25) is 5.91 Å². The molecule has 2 fully saturated rings. The fraction of sp³-hybridized carbons (Fsp3) is 0.571. The van der Waals surface area contributed by atoms with E-state index in [-0.39, 0.29) is 47.0 Å². The van der Waals surface area contributed by atoms with Gasteiger partial charge in [-0.15, -0.1) is 5.10 Å². The predicted molar refractivity (Wildman–Crippen MR) is 185 cm³/mol. The number of hydrogen-bond donors (Lipinski definition) is 3. The smallest absolute Gasteiger partial charge is 0.270 e. The van der Waals surface area contributed by atoms with E-state index in [4.69, 9.17) is 0 Å². The van der Waals surface area contributed by atoms with Gasteiger partial charge in [-0.2, -0.15) is 5.10 Å². The van der Waals surface area contributed by atoms with E-state index in [0.29, 0.717) is 56.4 Å². The van der Waals surface area contributed by atoms with Crippen LogP contribution in [0.5, 0.6) is 0 Å². The molecule has 1 aliphatic heterocycles. The van der Waals surface area contributed by atoms with Crippen LogP contribution < -0.4 is 10.6 Å². The number of nitrogens with zero attached hydrogens (tertiary/aromatic N) is 6. The van der Waals surface area contributed by atoms with E-state index < -0.39 is 29.7 Å². The maximum atomic E-state index is 15.9. The second-order valence-electron chi connectivity index (χ2n) is 13.4. The van der Waals surface area contributed by atoms with Crippen LogP contribution in [0.2, 0.25) is 0 Å². The van der Waals surface area contributed by atoms with E-state index in [1.165, 1.54) is 12.3 Å². The Kier molecular flexibility index (Phi) is 12.8. The summed E-state index contributed by atoms with van der Waals surface area (Å²) in [5.74, 6) is -2.18. The topological polar surface area (TPSA) is 163 Å². The molecule has 2 aliphatic rings. The average molecular weight is 711 g/mol. The van der Waals surface area contributed by atoms with Crippen LogP contribution >= 0.6 is 11.5 Å². The van der Waals surface area contributed by atoms with Crippen molar-refractivity contribution in [3.8, 4) is 0 Å². The van der Waals surface area contributed by atoms with Crippen LogP contribution in [0.1, 0.15) is 83.7 Å². The number of nitrogens with one attached hydrogen (secondary N) is 2. The van der Waals surface area contributed by atoms with Gasteiger partial charge >= 0.3 is 0 Å². The van der Waals surface area contributed by atoms with E-state index in [2.05, 4.69) is 37.1 Å². The lowest BCUT2D eigenvalue weighted by Crippen LogP contribution is -2.56. The molecule has 13 nitrogen and oxygen atoms in total. The molecule has 0 unspecified atom stereocenters. The van der Waals surface area contributed by atoms with Crippen LogP contribution in [0.3, 0.4) is 0 Å². The van der Waals surface area contributed by atoms with Gasteiger partial charge in [0, 0.05) is 57.8 Å². The van der Waals surface area contributed by atoms with E-state index in [0.717, 1.165) is 37.2 Å². The molecule has 3 aromatic rings. The normalized spacial score (nSPS) is 20.1. The summed E-state index contributed by atoms with van der Waals surface area (Å²) in [7, 11) is 0. The maximum absolute atomic E-state index is 15.9. The highest BCUT2D eigenvalue weighted by atomic mass is 32.1. The molecule has 3 amide bonds. The van der Waals surface area contributed by atoms with E-state index in [1.807, 2.05) is 6.92 Å². The number of carbonyl (C=O) groups is 4. The summed E-state index contributed by atoms with van der Waals surface area (Å²) in [5.41, 5.74) is 1.04. The van der Waals surface area contributed by atoms with Crippen LogP contribution in [0.4, 0.5) is 4.39 Å². The molecular formula is C35H47FN8O5S. The lowest BCUT2D eigenvalue weighted by molar-refractivity contribution is -0.135. The third-order valence-electron chi connectivity index (χ3n) is 10.1. The molecule has 0 bridgehead atoms. The summed E-state index contributed by atoms with van der Waals surface area (Å²) in [6, 6.07) is 4.40. The number of aliphatic hydroxyl groups is 1. The minimum atomic E-state index is -1.01. The summed E-state index contributed by atoms with van der Waals surface area (Å²) in [6.07, 6.45) is 6.15. The van der Waals surface area contributed by atoms with Crippen LogP contribution in [0.15, 0.2) is 36.7 Å². The van der Waals surface area contributed by atoms with Gasteiger partial charge in [0.25, 0.3) is 11.8 Å². The highest BCUT2D eigenvalue weighted by Gasteiger charge is 2.36. The Balaban J connectivity index is 1.33. The summed E-state index contributed by atoms with van der Waals surface area (Å²) < 4.78 is 21.2. The summed E-state index contributed by atoms with van der Waals surface area (Å²) >= 11 is 0.910. The summed E-state index contributed by atoms with van der Waals surface area (Å²) in [4.78, 5) is 58.1. The number of aryl methyl sites for hydroxylation is 1. The first-order valence-electron chi connectivity index (χ1n) is 17.4. The number of halogens is 1. The van der Waals surface area contributed by atoms with Crippen molar-refractivity contribution in [2.45, 2.75) is 77.4 Å². The van der Waals surface area contributed by atoms with Crippen molar-refractivity contribution in [1.29, 1.82) is 0 Å². The molecule has 3 atom stereocenters. The first-order valence-corrected chi connectivity index (χ1v) is 18.2. The second-order valence-corrected chi connectivity index (χ2v) is 14.2. The lowest BCUT2D eigenvalue weighted by Gasteiger charge is -2.37. The number of piperazine rings is 1. The molecule has 1 aliphatic carbocycles. The van der Waals surface area contributed by atoms with Crippen molar-refractivity contribution in [2.75, 3.05) is 39.3 Å². The monoisotopic (exact) mass is 710 g/mol. The van der Waals surface area contributed by atoms with Crippen LogP contribution in [0, 0.1) is 17.7 Å². The van der Waals surface area contributed by atoms with E-state index in [1.54, 1.807) is 40.9 Å². The molecule has 3 heterocycles. The van der Waals surface area contributed by atoms with Crippen LogP contribution in [-0.2, 0) is 22.6 Å². The number of rotatable bonds is 14. The third-order valence-corrected chi connectivity index (χ3v) is 10.8. The number of benzene rings is 1. The molecule has 15 heteroatoms. The van der Waals surface area contributed by atoms with Gasteiger partial charge in [-0.25, -0.2) is 4.39 Å². The zero-order chi connectivity index (χ0) is 35.8. The molecule has 50 heavy (non-hydrogen) atoms. The zero-order valence-corrected chi connectivity index (χ0v) is 29.7. The van der Waals surface area contributed by atoms with Gasteiger partial charge < -0.3 is 20.6 Å². The first kappa shape index (κ1) is 37.2. The quantitative estimate of drug-likeness (QED) is 0.228. The number of β-amino-alcohol motifs (C(OH)–C–C–N with tert-alkyl or cyclic N) is 1. The predicted octanol–water partition coefficient (Wildman–Crippen LogP) is 2.67.